The lowest BCUT2D eigenvalue weighted by Gasteiger charge is -2.24. The van der Waals surface area contributed by atoms with Crippen LogP contribution in [0.5, 0.6) is 5.75 Å². The maximum Gasteiger partial charge on any atom is 0.269 e. The average molecular weight is 638 g/mol. The molecule has 4 aromatic carbocycles. The highest BCUT2D eigenvalue weighted by atomic mass is 79.9. The van der Waals surface area contributed by atoms with Crippen molar-refractivity contribution in [2.75, 3.05) is 10.8 Å². The summed E-state index contributed by atoms with van der Waals surface area (Å²) in [5, 5.41) is 14.7. The van der Waals surface area contributed by atoms with Crippen LogP contribution >= 0.6 is 15.9 Å². The predicted octanol–water partition coefficient (Wildman–Crippen LogP) is 5.59. The van der Waals surface area contributed by atoms with E-state index in [-0.39, 0.29) is 17.2 Å². The number of nitro groups is 1. The van der Waals surface area contributed by atoms with E-state index in [1.54, 1.807) is 72.8 Å². The van der Waals surface area contributed by atoms with Gasteiger partial charge in [0.25, 0.3) is 21.6 Å². The summed E-state index contributed by atoms with van der Waals surface area (Å²) in [5.74, 6) is -0.0459. The maximum atomic E-state index is 13.5. The zero-order valence-electron chi connectivity index (χ0n) is 21.8. The lowest BCUT2D eigenvalue weighted by atomic mass is 10.2. The number of sulfonamides is 1. The third kappa shape index (κ3) is 7.99. The molecule has 0 spiro atoms. The Morgan fingerprint density at radius 2 is 1.71 bits per heavy atom. The molecule has 0 unspecified atom stereocenters. The molecule has 0 radical (unpaired) electrons. The molecule has 41 heavy (non-hydrogen) atoms. The van der Waals surface area contributed by atoms with Crippen molar-refractivity contribution in [1.82, 2.24) is 5.43 Å². The molecule has 0 saturated heterocycles. The van der Waals surface area contributed by atoms with E-state index in [0.717, 1.165) is 15.4 Å². The molecule has 0 bridgehead atoms. The Kier molecular flexibility index (Phi) is 9.48. The number of carbonyl (C=O) groups is 1. The van der Waals surface area contributed by atoms with Crippen LogP contribution in [0, 0.1) is 17.0 Å². The lowest BCUT2D eigenvalue weighted by molar-refractivity contribution is -0.384. The first kappa shape index (κ1) is 29.4. The van der Waals surface area contributed by atoms with Crippen molar-refractivity contribution >= 4 is 49.4 Å². The minimum Gasteiger partial charge on any atom is -0.489 e. The van der Waals surface area contributed by atoms with Gasteiger partial charge in [-0.15, -0.1) is 0 Å². The fourth-order valence-electron chi connectivity index (χ4n) is 3.66. The first-order valence-electron chi connectivity index (χ1n) is 12.2. The molecule has 0 heterocycles. The standard InChI is InChI=1S/C29H25BrN4O6S/c1-21-5-15-28(16-6-21)41(38,39)33(26-4-2-3-24(30)17-26)19-29(35)32-31-18-22-9-13-27(14-10-22)40-20-23-7-11-25(12-8-23)34(36)37/h2-18H,19-20H2,1H3,(H,32,35)/b31-18-. The zero-order chi connectivity index (χ0) is 29.4. The highest BCUT2D eigenvalue weighted by Gasteiger charge is 2.27. The van der Waals surface area contributed by atoms with Crippen LogP contribution in [0.15, 0.2) is 112 Å². The van der Waals surface area contributed by atoms with E-state index in [0.29, 0.717) is 21.5 Å². The second-order valence-electron chi connectivity index (χ2n) is 8.88. The van der Waals surface area contributed by atoms with Gasteiger partial charge in [-0.25, -0.2) is 13.8 Å². The molecule has 10 nitrogen and oxygen atoms in total. The molecule has 210 valence electrons. The van der Waals surface area contributed by atoms with Gasteiger partial charge in [-0.3, -0.25) is 19.2 Å². The van der Waals surface area contributed by atoms with Gasteiger partial charge in [0.1, 0.15) is 18.9 Å². The molecule has 12 heteroatoms. The molecule has 4 rings (SSSR count). The summed E-state index contributed by atoms with van der Waals surface area (Å²) in [5.41, 5.74) is 5.09. The number of hydrazone groups is 1. The van der Waals surface area contributed by atoms with Gasteiger partial charge in [0.05, 0.1) is 21.7 Å². The van der Waals surface area contributed by atoms with Crippen LogP contribution in [-0.2, 0) is 21.4 Å². The van der Waals surface area contributed by atoms with Gasteiger partial charge >= 0.3 is 0 Å². The largest absolute Gasteiger partial charge is 0.489 e. The van der Waals surface area contributed by atoms with Crippen molar-refractivity contribution in [2.24, 2.45) is 5.10 Å². The van der Waals surface area contributed by atoms with Gasteiger partial charge in [-0.1, -0.05) is 39.7 Å². The number of nitrogens with one attached hydrogen (secondary N) is 1. The molecule has 0 aliphatic carbocycles. The fraction of sp³-hybridized carbons (Fsp3) is 0.103. The van der Waals surface area contributed by atoms with Crippen LogP contribution in [0.4, 0.5) is 11.4 Å². The number of carbonyl (C=O) groups excluding carboxylic acids is 1. The SMILES string of the molecule is Cc1ccc(S(=O)(=O)N(CC(=O)N/N=C\c2ccc(OCc3ccc([N+](=O)[O-])cc3)cc2)c2cccc(Br)c2)cc1. The Morgan fingerprint density at radius 1 is 1.02 bits per heavy atom. The number of aryl methyl sites for hydroxylation is 1. The highest BCUT2D eigenvalue weighted by molar-refractivity contribution is 9.10. The first-order valence-corrected chi connectivity index (χ1v) is 14.5. The summed E-state index contributed by atoms with van der Waals surface area (Å²) >= 11 is 3.35. The number of amides is 1. The zero-order valence-corrected chi connectivity index (χ0v) is 24.2. The van der Waals surface area contributed by atoms with Crippen LogP contribution in [0.25, 0.3) is 0 Å². The number of halogens is 1. The van der Waals surface area contributed by atoms with Gasteiger partial charge in [0.15, 0.2) is 0 Å². The molecular weight excluding hydrogens is 612 g/mol. The summed E-state index contributed by atoms with van der Waals surface area (Å²) in [6.07, 6.45) is 1.43. The Morgan fingerprint density at radius 3 is 2.34 bits per heavy atom. The number of hydrogen-bond acceptors (Lipinski definition) is 7. The number of nitrogens with zero attached hydrogens (tertiary/aromatic N) is 3. The first-order chi connectivity index (χ1) is 19.6. The highest BCUT2D eigenvalue weighted by Crippen LogP contribution is 2.26. The van der Waals surface area contributed by atoms with Crippen molar-refractivity contribution in [3.63, 3.8) is 0 Å². The van der Waals surface area contributed by atoms with Crippen molar-refractivity contribution in [3.05, 3.63) is 128 Å². The molecule has 0 aromatic heterocycles. The molecule has 0 aliphatic heterocycles. The van der Waals surface area contributed by atoms with Crippen LogP contribution in [0.1, 0.15) is 16.7 Å². The number of anilines is 1. The van der Waals surface area contributed by atoms with Crippen LogP contribution in [0.3, 0.4) is 0 Å². The second-order valence-corrected chi connectivity index (χ2v) is 11.7. The molecule has 1 N–H and O–H groups in total. The van der Waals surface area contributed by atoms with Crippen molar-refractivity contribution in [1.29, 1.82) is 0 Å². The van der Waals surface area contributed by atoms with Crippen LogP contribution in [0.2, 0.25) is 0 Å². The number of nitro benzene ring substituents is 1. The third-order valence-electron chi connectivity index (χ3n) is 5.83. The van der Waals surface area contributed by atoms with E-state index in [1.165, 1.54) is 30.5 Å². The van der Waals surface area contributed by atoms with E-state index in [9.17, 15) is 23.3 Å². The average Bonchev–Trinajstić information content (AvgIpc) is 2.96. The second kappa shape index (κ2) is 13.2. The van der Waals surface area contributed by atoms with Gasteiger partial charge in [-0.2, -0.15) is 5.10 Å². The Labute approximate surface area is 245 Å². The summed E-state index contributed by atoms with van der Waals surface area (Å²) in [6.45, 7) is 1.61. The monoisotopic (exact) mass is 636 g/mol. The van der Waals surface area contributed by atoms with Crippen LogP contribution in [-0.4, -0.2) is 32.0 Å². The molecular formula is C29H25BrN4O6S. The fourth-order valence-corrected chi connectivity index (χ4v) is 5.46. The number of non-ortho nitro benzene ring substituents is 1. The van der Waals surface area contributed by atoms with Gasteiger partial charge in [0.2, 0.25) is 0 Å². The Hall–Kier alpha value is -4.55. The number of hydrogen-bond donors (Lipinski definition) is 1. The van der Waals surface area contributed by atoms with E-state index >= 15 is 0 Å². The predicted molar refractivity (Wildman–Crippen MR) is 159 cm³/mol. The van der Waals surface area contributed by atoms with Crippen molar-refractivity contribution in [2.45, 2.75) is 18.4 Å². The summed E-state index contributed by atoms with van der Waals surface area (Å²) in [7, 11) is -4.04. The molecule has 4 aromatic rings. The molecule has 0 aliphatic rings. The summed E-state index contributed by atoms with van der Waals surface area (Å²) in [6, 6.07) is 26.1. The van der Waals surface area contributed by atoms with E-state index in [4.69, 9.17) is 4.74 Å². The smallest absolute Gasteiger partial charge is 0.269 e. The lowest BCUT2D eigenvalue weighted by Crippen LogP contribution is -2.39. The van der Waals surface area contributed by atoms with Gasteiger partial charge in [0, 0.05) is 16.6 Å². The quantitative estimate of drug-likeness (QED) is 0.130. The minimum absolute atomic E-state index is 0.0122. The molecule has 0 atom stereocenters. The summed E-state index contributed by atoms with van der Waals surface area (Å²) < 4.78 is 34.3. The van der Waals surface area contributed by atoms with Gasteiger partial charge in [-0.05, 0) is 84.8 Å². The Balaban J connectivity index is 1.38. The third-order valence-corrected chi connectivity index (χ3v) is 8.11. The van der Waals surface area contributed by atoms with Crippen molar-refractivity contribution < 1.29 is 22.9 Å². The number of rotatable bonds is 11. The number of ether oxygens (including phenoxy) is 1. The Bertz CT molecular complexity index is 1660. The summed E-state index contributed by atoms with van der Waals surface area (Å²) in [4.78, 5) is 23.1. The van der Waals surface area contributed by atoms with E-state index in [2.05, 4.69) is 26.5 Å². The van der Waals surface area contributed by atoms with Gasteiger partial charge < -0.3 is 4.74 Å². The van der Waals surface area contributed by atoms with Crippen LogP contribution < -0.4 is 14.5 Å². The molecule has 0 fully saturated rings. The number of benzene rings is 4. The normalized spacial score (nSPS) is 11.3. The van der Waals surface area contributed by atoms with Crippen molar-refractivity contribution in [3.8, 4) is 5.75 Å². The van der Waals surface area contributed by atoms with E-state index in [1.807, 2.05) is 6.92 Å². The minimum atomic E-state index is -4.04. The molecule has 1 amide bonds. The topological polar surface area (TPSA) is 131 Å². The van der Waals surface area contributed by atoms with E-state index < -0.39 is 27.4 Å². The maximum absolute atomic E-state index is 13.5. The molecule has 0 saturated carbocycles.